The molecule has 0 atom stereocenters. The lowest BCUT2D eigenvalue weighted by Gasteiger charge is -2.06. The van der Waals surface area contributed by atoms with Crippen molar-refractivity contribution in [2.24, 2.45) is 0 Å². The van der Waals surface area contributed by atoms with Crippen LogP contribution in [0.5, 0.6) is 0 Å². The molecule has 1 amide bonds. The molecule has 0 saturated carbocycles. The molecule has 0 unspecified atom stereocenters. The van der Waals surface area contributed by atoms with Gasteiger partial charge in [0, 0.05) is 29.6 Å². The zero-order valence-corrected chi connectivity index (χ0v) is 10.9. The molecule has 0 fully saturated rings. The maximum atomic E-state index is 11.3. The quantitative estimate of drug-likeness (QED) is 0.838. The Bertz CT molecular complexity index is 383. The predicted octanol–water partition coefficient (Wildman–Crippen LogP) is 2.42. The summed E-state index contributed by atoms with van der Waals surface area (Å²) in [6.45, 7) is 0.571. The van der Waals surface area contributed by atoms with Crippen molar-refractivity contribution >= 4 is 29.1 Å². The van der Waals surface area contributed by atoms with Crippen molar-refractivity contribution in [1.82, 2.24) is 5.32 Å². The summed E-state index contributed by atoms with van der Waals surface area (Å²) in [4.78, 5) is 11.3. The number of benzene rings is 1. The van der Waals surface area contributed by atoms with Gasteiger partial charge in [-0.05, 0) is 30.5 Å². The van der Waals surface area contributed by atoms with Crippen molar-refractivity contribution in [2.45, 2.75) is 19.3 Å². The molecule has 0 aliphatic heterocycles. The lowest BCUT2D eigenvalue weighted by molar-refractivity contribution is -0.121. The summed E-state index contributed by atoms with van der Waals surface area (Å²) in [5, 5.41) is 12.6. The van der Waals surface area contributed by atoms with E-state index in [1.807, 2.05) is 6.07 Å². The Labute approximate surface area is 111 Å². The maximum absolute atomic E-state index is 11.3. The van der Waals surface area contributed by atoms with Gasteiger partial charge < -0.3 is 10.4 Å². The number of rotatable bonds is 6. The molecule has 0 aliphatic rings. The van der Waals surface area contributed by atoms with Gasteiger partial charge in [0.2, 0.25) is 5.91 Å². The van der Waals surface area contributed by atoms with Crippen LogP contribution in [-0.4, -0.2) is 24.2 Å². The number of amides is 1. The van der Waals surface area contributed by atoms with Crippen LogP contribution in [0.3, 0.4) is 0 Å². The van der Waals surface area contributed by atoms with Crippen LogP contribution in [0.25, 0.3) is 0 Å². The summed E-state index contributed by atoms with van der Waals surface area (Å²) >= 11 is 11.8. The molecule has 0 aliphatic carbocycles. The highest BCUT2D eigenvalue weighted by molar-refractivity contribution is 6.35. The van der Waals surface area contributed by atoms with E-state index in [9.17, 15) is 4.79 Å². The minimum absolute atomic E-state index is 0.0381. The minimum atomic E-state index is -0.0517. The maximum Gasteiger partial charge on any atom is 0.220 e. The van der Waals surface area contributed by atoms with E-state index in [1.54, 1.807) is 12.1 Å². The van der Waals surface area contributed by atoms with Gasteiger partial charge in [-0.15, -0.1) is 0 Å². The van der Waals surface area contributed by atoms with Crippen molar-refractivity contribution in [3.63, 3.8) is 0 Å². The molecule has 1 aromatic rings. The molecule has 0 aromatic heterocycles. The Balaban J connectivity index is 2.33. The van der Waals surface area contributed by atoms with Gasteiger partial charge in [0.15, 0.2) is 0 Å². The summed E-state index contributed by atoms with van der Waals surface area (Å²) in [7, 11) is 0. The van der Waals surface area contributed by atoms with Crippen LogP contribution in [0.1, 0.15) is 18.4 Å². The first-order valence-corrected chi connectivity index (χ1v) is 6.20. The minimum Gasteiger partial charge on any atom is -0.396 e. The van der Waals surface area contributed by atoms with Gasteiger partial charge in [0.1, 0.15) is 0 Å². The molecule has 94 valence electrons. The molecule has 0 heterocycles. The second kappa shape index (κ2) is 7.54. The van der Waals surface area contributed by atoms with Gasteiger partial charge in [-0.1, -0.05) is 29.3 Å². The summed E-state index contributed by atoms with van der Waals surface area (Å²) in [5.41, 5.74) is 0.957. The Morgan fingerprint density at radius 1 is 1.35 bits per heavy atom. The highest BCUT2D eigenvalue weighted by Crippen LogP contribution is 2.20. The SMILES string of the molecule is O=C(CCCO)NCCc1ccc(Cl)cc1Cl. The molecular formula is C12H15Cl2NO2. The Morgan fingerprint density at radius 3 is 2.76 bits per heavy atom. The highest BCUT2D eigenvalue weighted by atomic mass is 35.5. The van der Waals surface area contributed by atoms with Gasteiger partial charge in [-0.25, -0.2) is 0 Å². The molecule has 0 bridgehead atoms. The van der Waals surface area contributed by atoms with Crippen molar-refractivity contribution in [1.29, 1.82) is 0 Å². The van der Waals surface area contributed by atoms with E-state index in [0.717, 1.165) is 5.56 Å². The third kappa shape index (κ3) is 5.39. The molecule has 17 heavy (non-hydrogen) atoms. The van der Waals surface area contributed by atoms with E-state index in [4.69, 9.17) is 28.3 Å². The fraction of sp³-hybridized carbons (Fsp3) is 0.417. The molecule has 3 nitrogen and oxygen atoms in total. The van der Waals surface area contributed by atoms with Crippen molar-refractivity contribution < 1.29 is 9.90 Å². The van der Waals surface area contributed by atoms with Gasteiger partial charge in [-0.3, -0.25) is 4.79 Å². The van der Waals surface area contributed by atoms with Crippen LogP contribution in [0.2, 0.25) is 10.0 Å². The fourth-order valence-electron chi connectivity index (χ4n) is 1.39. The average Bonchev–Trinajstić information content (AvgIpc) is 2.29. The number of aliphatic hydroxyl groups excluding tert-OH is 1. The molecule has 5 heteroatoms. The largest absolute Gasteiger partial charge is 0.396 e. The monoisotopic (exact) mass is 275 g/mol. The predicted molar refractivity (Wildman–Crippen MR) is 69.5 cm³/mol. The first kappa shape index (κ1) is 14.3. The third-order valence-corrected chi connectivity index (χ3v) is 2.88. The molecule has 2 N–H and O–H groups in total. The number of carbonyl (C=O) groups is 1. The van der Waals surface area contributed by atoms with Gasteiger partial charge in [0.25, 0.3) is 0 Å². The second-order valence-electron chi connectivity index (χ2n) is 3.66. The first-order valence-electron chi connectivity index (χ1n) is 5.45. The lowest BCUT2D eigenvalue weighted by atomic mass is 10.1. The molecular weight excluding hydrogens is 261 g/mol. The summed E-state index contributed by atoms with van der Waals surface area (Å²) in [6.07, 6.45) is 1.51. The average molecular weight is 276 g/mol. The number of nitrogens with one attached hydrogen (secondary N) is 1. The molecule has 0 radical (unpaired) electrons. The van der Waals surface area contributed by atoms with Crippen LogP contribution < -0.4 is 5.32 Å². The Hall–Kier alpha value is -0.770. The molecule has 0 spiro atoms. The summed E-state index contributed by atoms with van der Waals surface area (Å²) in [6, 6.07) is 5.31. The lowest BCUT2D eigenvalue weighted by Crippen LogP contribution is -2.25. The van der Waals surface area contributed by atoms with Crippen LogP contribution >= 0.6 is 23.2 Å². The number of hydrogen-bond donors (Lipinski definition) is 2. The number of carbonyl (C=O) groups excluding carboxylic acids is 1. The van der Waals surface area contributed by atoms with Crippen LogP contribution in [0.15, 0.2) is 18.2 Å². The van der Waals surface area contributed by atoms with Crippen molar-refractivity contribution in [3.8, 4) is 0 Å². The van der Waals surface area contributed by atoms with Crippen LogP contribution in [-0.2, 0) is 11.2 Å². The van der Waals surface area contributed by atoms with Gasteiger partial charge >= 0.3 is 0 Å². The zero-order chi connectivity index (χ0) is 12.7. The number of aliphatic hydroxyl groups is 1. The first-order chi connectivity index (χ1) is 8.13. The number of hydrogen-bond acceptors (Lipinski definition) is 2. The van der Waals surface area contributed by atoms with Crippen molar-refractivity contribution in [3.05, 3.63) is 33.8 Å². The van der Waals surface area contributed by atoms with Gasteiger partial charge in [0.05, 0.1) is 0 Å². The topological polar surface area (TPSA) is 49.3 Å². The normalized spacial score (nSPS) is 10.3. The molecule has 1 rings (SSSR count). The Kier molecular flexibility index (Phi) is 6.34. The van der Waals surface area contributed by atoms with E-state index >= 15 is 0 Å². The zero-order valence-electron chi connectivity index (χ0n) is 9.38. The highest BCUT2D eigenvalue weighted by Gasteiger charge is 2.03. The number of halogens is 2. The van der Waals surface area contributed by atoms with Crippen molar-refractivity contribution in [2.75, 3.05) is 13.2 Å². The fourth-order valence-corrected chi connectivity index (χ4v) is 1.89. The third-order valence-electron chi connectivity index (χ3n) is 2.29. The summed E-state index contributed by atoms with van der Waals surface area (Å²) < 4.78 is 0. The van der Waals surface area contributed by atoms with Crippen LogP contribution in [0, 0.1) is 0 Å². The molecule has 0 saturated heterocycles. The second-order valence-corrected chi connectivity index (χ2v) is 4.51. The molecule has 1 aromatic carbocycles. The summed E-state index contributed by atoms with van der Waals surface area (Å²) in [5.74, 6) is -0.0517. The Morgan fingerprint density at radius 2 is 2.12 bits per heavy atom. The van der Waals surface area contributed by atoms with Gasteiger partial charge in [-0.2, -0.15) is 0 Å². The van der Waals surface area contributed by atoms with E-state index in [0.29, 0.717) is 35.9 Å². The smallest absolute Gasteiger partial charge is 0.220 e. The van der Waals surface area contributed by atoms with E-state index in [2.05, 4.69) is 5.32 Å². The van der Waals surface area contributed by atoms with Crippen LogP contribution in [0.4, 0.5) is 0 Å². The van der Waals surface area contributed by atoms with E-state index in [-0.39, 0.29) is 12.5 Å². The van der Waals surface area contributed by atoms with E-state index in [1.165, 1.54) is 0 Å². The van der Waals surface area contributed by atoms with E-state index < -0.39 is 0 Å². The standard InChI is InChI=1S/C12H15Cl2NO2/c13-10-4-3-9(11(14)8-10)5-6-15-12(17)2-1-7-16/h3-4,8,16H,1-2,5-7H2,(H,15,17).